The monoisotopic (exact) mass is 576 g/mol. The lowest BCUT2D eigenvalue weighted by Gasteiger charge is -2.30. The Morgan fingerprint density at radius 2 is 1.85 bits per heavy atom. The number of halogens is 1. The molecule has 2 aliphatic rings. The summed E-state index contributed by atoms with van der Waals surface area (Å²) in [6.07, 6.45) is 1.76. The van der Waals surface area contributed by atoms with Crippen molar-refractivity contribution in [2.75, 3.05) is 42.7 Å². The van der Waals surface area contributed by atoms with Crippen LogP contribution in [0.1, 0.15) is 33.4 Å². The molecule has 1 unspecified atom stereocenters. The van der Waals surface area contributed by atoms with Crippen molar-refractivity contribution in [3.63, 3.8) is 0 Å². The zero-order chi connectivity index (χ0) is 28.9. The molecule has 2 aromatic heterocycles. The Labute approximate surface area is 240 Å². The number of rotatable bonds is 8. The van der Waals surface area contributed by atoms with E-state index in [-0.39, 0.29) is 11.7 Å². The number of hydrogen-bond donors (Lipinski definition) is 0. The first-order valence-corrected chi connectivity index (χ1v) is 17.8. The number of amides is 1. The van der Waals surface area contributed by atoms with E-state index in [1.165, 1.54) is 0 Å². The number of anilines is 2. The largest absolute Gasteiger partial charge is 0.378 e. The SMILES string of the molecule is Cc1c2c(nn1C)C(=O)N(c1ccc3c(c1)ncn3COCC[Si](C)(C)C)C2c1ccc(N2CCOCC2)cc1F. The Kier molecular flexibility index (Phi) is 7.21. The number of carbonyl (C=O) groups excluding carboxylic acids is 1. The van der Waals surface area contributed by atoms with Crippen LogP contribution in [0.3, 0.4) is 0 Å². The van der Waals surface area contributed by atoms with Crippen molar-refractivity contribution in [1.29, 1.82) is 0 Å². The molecule has 0 spiro atoms. The first-order chi connectivity index (χ1) is 19.6. The zero-order valence-electron chi connectivity index (χ0n) is 24.4. The summed E-state index contributed by atoms with van der Waals surface area (Å²) in [7, 11) is 0.640. The van der Waals surface area contributed by atoms with Crippen LogP contribution >= 0.6 is 0 Å². The number of fused-ring (bicyclic) bond motifs is 2. The van der Waals surface area contributed by atoms with Gasteiger partial charge in [-0.3, -0.25) is 14.4 Å². The van der Waals surface area contributed by atoms with E-state index in [4.69, 9.17) is 9.47 Å². The molecule has 0 saturated carbocycles. The van der Waals surface area contributed by atoms with E-state index in [2.05, 4.69) is 34.6 Å². The molecule has 0 bridgehead atoms. The van der Waals surface area contributed by atoms with Gasteiger partial charge in [0.15, 0.2) is 5.69 Å². The van der Waals surface area contributed by atoms with Gasteiger partial charge in [0.1, 0.15) is 12.5 Å². The Morgan fingerprint density at radius 1 is 1.10 bits per heavy atom. The number of nitrogens with zero attached hydrogens (tertiary/aromatic N) is 6. The van der Waals surface area contributed by atoms with Crippen LogP contribution in [-0.4, -0.2) is 66.2 Å². The second-order valence-corrected chi connectivity index (χ2v) is 17.7. The zero-order valence-corrected chi connectivity index (χ0v) is 25.4. The molecule has 0 radical (unpaired) electrons. The summed E-state index contributed by atoms with van der Waals surface area (Å²) >= 11 is 0. The molecule has 1 saturated heterocycles. The molecule has 11 heteroatoms. The first kappa shape index (κ1) is 27.6. The minimum Gasteiger partial charge on any atom is -0.378 e. The Bertz CT molecular complexity index is 1600. The van der Waals surface area contributed by atoms with Crippen molar-refractivity contribution in [2.45, 2.75) is 45.4 Å². The molecule has 2 aromatic carbocycles. The molecule has 1 amide bonds. The standard InChI is InChI=1S/C30H37FN6O3Si/c1-20-27-28(33-34(20)2)30(38)37(29(27)23-8-6-21(16-24(23)31)35-10-12-39-13-11-35)22-7-9-26-25(17-22)32-18-36(26)19-40-14-15-41(3,4)5/h6-9,16-18,29H,10-15,19H2,1-5H3. The molecule has 1 fully saturated rings. The van der Waals surface area contributed by atoms with Gasteiger partial charge in [0.05, 0.1) is 36.6 Å². The van der Waals surface area contributed by atoms with Gasteiger partial charge in [-0.2, -0.15) is 5.10 Å². The summed E-state index contributed by atoms with van der Waals surface area (Å²) in [4.78, 5) is 22.2. The molecular weight excluding hydrogens is 539 g/mol. The molecule has 0 aliphatic carbocycles. The number of hydrogen-bond acceptors (Lipinski definition) is 6. The molecule has 4 aromatic rings. The summed E-state index contributed by atoms with van der Waals surface area (Å²) in [6, 6.07) is 11.5. The number of ether oxygens (including phenoxy) is 2. The fraction of sp³-hybridized carbons (Fsp3) is 0.433. The molecule has 1 atom stereocenters. The highest BCUT2D eigenvalue weighted by Crippen LogP contribution is 2.44. The minimum absolute atomic E-state index is 0.251. The van der Waals surface area contributed by atoms with Crippen LogP contribution in [-0.2, 0) is 23.3 Å². The van der Waals surface area contributed by atoms with Gasteiger partial charge in [-0.1, -0.05) is 25.7 Å². The summed E-state index contributed by atoms with van der Waals surface area (Å²) < 4.78 is 31.0. The maximum absolute atomic E-state index is 15.9. The molecular formula is C30H37FN6O3Si. The van der Waals surface area contributed by atoms with E-state index >= 15 is 4.39 Å². The van der Waals surface area contributed by atoms with Crippen LogP contribution in [0.4, 0.5) is 15.8 Å². The number of benzene rings is 2. The maximum atomic E-state index is 15.9. The molecule has 0 N–H and O–H groups in total. The number of carbonyl (C=O) groups is 1. The average molecular weight is 577 g/mol. The fourth-order valence-corrected chi connectivity index (χ4v) is 6.39. The molecule has 6 rings (SSSR count). The normalized spacial score (nSPS) is 17.6. The lowest BCUT2D eigenvalue weighted by molar-refractivity contribution is 0.0898. The van der Waals surface area contributed by atoms with E-state index in [0.29, 0.717) is 50.0 Å². The van der Waals surface area contributed by atoms with Gasteiger partial charge in [-0.05, 0) is 43.3 Å². The molecule has 41 heavy (non-hydrogen) atoms. The van der Waals surface area contributed by atoms with Crippen molar-refractivity contribution < 1.29 is 18.7 Å². The summed E-state index contributed by atoms with van der Waals surface area (Å²) in [5.41, 5.74) is 5.48. The van der Waals surface area contributed by atoms with Crippen molar-refractivity contribution >= 4 is 36.4 Å². The third-order valence-electron chi connectivity index (χ3n) is 8.10. The Morgan fingerprint density at radius 3 is 2.59 bits per heavy atom. The number of aryl methyl sites for hydroxylation is 1. The van der Waals surface area contributed by atoms with Crippen molar-refractivity contribution in [3.05, 3.63) is 71.1 Å². The van der Waals surface area contributed by atoms with Crippen LogP contribution in [0.5, 0.6) is 0 Å². The lowest BCUT2D eigenvalue weighted by Crippen LogP contribution is -2.36. The van der Waals surface area contributed by atoms with E-state index in [0.717, 1.165) is 40.6 Å². The fourth-order valence-electron chi connectivity index (χ4n) is 5.63. The van der Waals surface area contributed by atoms with E-state index in [9.17, 15) is 4.79 Å². The highest BCUT2D eigenvalue weighted by Gasteiger charge is 2.44. The minimum atomic E-state index is -1.17. The number of morpholine rings is 1. The molecule has 216 valence electrons. The smallest absolute Gasteiger partial charge is 0.280 e. The molecule has 4 heterocycles. The van der Waals surface area contributed by atoms with Gasteiger partial charge in [0, 0.05) is 63.0 Å². The topological polar surface area (TPSA) is 77.7 Å². The van der Waals surface area contributed by atoms with E-state index in [1.807, 2.05) is 42.8 Å². The third-order valence-corrected chi connectivity index (χ3v) is 9.80. The van der Waals surface area contributed by atoms with Crippen molar-refractivity contribution in [2.24, 2.45) is 7.05 Å². The summed E-state index contributed by atoms with van der Waals surface area (Å²) in [6.45, 7) is 12.7. The maximum Gasteiger partial charge on any atom is 0.280 e. The van der Waals surface area contributed by atoms with E-state index in [1.54, 1.807) is 28.0 Å². The lowest BCUT2D eigenvalue weighted by atomic mass is 9.97. The number of aromatic nitrogens is 4. The second kappa shape index (κ2) is 10.7. The predicted molar refractivity (Wildman–Crippen MR) is 160 cm³/mol. The molecule has 9 nitrogen and oxygen atoms in total. The predicted octanol–water partition coefficient (Wildman–Crippen LogP) is 5.12. The average Bonchev–Trinajstić information content (AvgIpc) is 3.58. The highest BCUT2D eigenvalue weighted by atomic mass is 28.3. The van der Waals surface area contributed by atoms with Crippen LogP contribution in [0.2, 0.25) is 25.7 Å². The van der Waals surface area contributed by atoms with Crippen molar-refractivity contribution in [3.8, 4) is 0 Å². The van der Waals surface area contributed by atoms with Crippen LogP contribution in [0.25, 0.3) is 11.0 Å². The Hall–Kier alpha value is -3.54. The summed E-state index contributed by atoms with van der Waals surface area (Å²) in [5, 5.41) is 4.52. The van der Waals surface area contributed by atoms with Gasteiger partial charge in [0.2, 0.25) is 0 Å². The van der Waals surface area contributed by atoms with Gasteiger partial charge >= 0.3 is 0 Å². The molecule has 2 aliphatic heterocycles. The van der Waals surface area contributed by atoms with Crippen molar-refractivity contribution in [1.82, 2.24) is 19.3 Å². The van der Waals surface area contributed by atoms with Gasteiger partial charge < -0.3 is 18.9 Å². The van der Waals surface area contributed by atoms with Gasteiger partial charge in [0.25, 0.3) is 5.91 Å². The quantitative estimate of drug-likeness (QED) is 0.214. The van der Waals surface area contributed by atoms with E-state index < -0.39 is 14.1 Å². The highest BCUT2D eigenvalue weighted by molar-refractivity contribution is 6.76. The van der Waals surface area contributed by atoms with Crippen LogP contribution in [0.15, 0.2) is 42.7 Å². The van der Waals surface area contributed by atoms with Crippen LogP contribution < -0.4 is 9.80 Å². The third kappa shape index (κ3) is 5.17. The van der Waals surface area contributed by atoms with Gasteiger partial charge in [-0.15, -0.1) is 0 Å². The second-order valence-electron chi connectivity index (χ2n) is 12.1. The Balaban J connectivity index is 1.33. The number of imidazole rings is 1. The summed E-state index contributed by atoms with van der Waals surface area (Å²) in [5.74, 6) is -0.604. The van der Waals surface area contributed by atoms with Gasteiger partial charge in [-0.25, -0.2) is 9.37 Å². The first-order valence-electron chi connectivity index (χ1n) is 14.1. The van der Waals surface area contributed by atoms with Crippen LogP contribution in [0, 0.1) is 12.7 Å².